The van der Waals surface area contributed by atoms with Gasteiger partial charge in [-0.15, -0.1) is 0 Å². The zero-order valence-corrected chi connectivity index (χ0v) is 16.4. The molecule has 1 aromatic carbocycles. The first-order chi connectivity index (χ1) is 15.2. The van der Waals surface area contributed by atoms with Crippen molar-refractivity contribution in [1.82, 2.24) is 24.7 Å². The quantitative estimate of drug-likeness (QED) is 0.445. The van der Waals surface area contributed by atoms with E-state index in [-0.39, 0.29) is 0 Å². The van der Waals surface area contributed by atoms with Gasteiger partial charge in [-0.1, -0.05) is 30.3 Å². The highest BCUT2D eigenvalue weighted by molar-refractivity contribution is 5.99. The minimum Gasteiger partial charge on any atom is -0.407 e. The Kier molecular flexibility index (Phi) is 4.86. The van der Waals surface area contributed by atoms with Crippen LogP contribution < -0.4 is 10.1 Å². The number of aromatic nitrogens is 5. The number of carbonyl (C=O) groups excluding carboxylic acids is 1. The standard InChI is InChI=1S/C23H18N6O2/c30-23(31-19-12-27-29(15-19)14-16-4-2-1-3-5-16)28-21-13-26-22-20(21)10-18(11-25-22)17-6-8-24-9-7-17/h1-13,15H,14H2,(H,25,26)(H,28,30). The van der Waals surface area contributed by atoms with Crippen LogP contribution >= 0.6 is 0 Å². The molecule has 31 heavy (non-hydrogen) atoms. The third kappa shape index (κ3) is 4.13. The second-order valence-electron chi connectivity index (χ2n) is 6.93. The van der Waals surface area contributed by atoms with Crippen LogP contribution in [0.4, 0.5) is 10.5 Å². The van der Waals surface area contributed by atoms with Gasteiger partial charge in [0.2, 0.25) is 0 Å². The van der Waals surface area contributed by atoms with Gasteiger partial charge in [-0.3, -0.25) is 15.0 Å². The smallest absolute Gasteiger partial charge is 0.407 e. The molecule has 0 atom stereocenters. The second kappa shape index (κ2) is 8.11. The average molecular weight is 410 g/mol. The number of rotatable bonds is 5. The minimum atomic E-state index is -0.602. The predicted molar refractivity (Wildman–Crippen MR) is 117 cm³/mol. The van der Waals surface area contributed by atoms with Crippen molar-refractivity contribution in [2.45, 2.75) is 6.54 Å². The van der Waals surface area contributed by atoms with Gasteiger partial charge in [0.05, 0.1) is 24.6 Å². The van der Waals surface area contributed by atoms with E-state index in [1.54, 1.807) is 35.7 Å². The summed E-state index contributed by atoms with van der Waals surface area (Å²) >= 11 is 0. The second-order valence-corrected chi connectivity index (χ2v) is 6.93. The number of fused-ring (bicyclic) bond motifs is 1. The molecule has 0 aliphatic rings. The molecular weight excluding hydrogens is 392 g/mol. The summed E-state index contributed by atoms with van der Waals surface area (Å²) in [7, 11) is 0. The third-order valence-corrected chi connectivity index (χ3v) is 4.79. The minimum absolute atomic E-state index is 0.365. The molecule has 0 spiro atoms. The van der Waals surface area contributed by atoms with E-state index in [0.29, 0.717) is 23.6 Å². The molecule has 8 heteroatoms. The number of hydrogen-bond acceptors (Lipinski definition) is 5. The molecular formula is C23H18N6O2. The number of hydrogen-bond donors (Lipinski definition) is 2. The first-order valence-corrected chi connectivity index (χ1v) is 9.67. The Bertz CT molecular complexity index is 1330. The lowest BCUT2D eigenvalue weighted by molar-refractivity contribution is 0.215. The summed E-state index contributed by atoms with van der Waals surface area (Å²) < 4.78 is 7.11. The fraction of sp³-hybridized carbons (Fsp3) is 0.0435. The van der Waals surface area contributed by atoms with Crippen molar-refractivity contribution >= 4 is 22.8 Å². The lowest BCUT2D eigenvalue weighted by Gasteiger charge is -2.05. The molecule has 1 amide bonds. The van der Waals surface area contributed by atoms with Gasteiger partial charge in [0.25, 0.3) is 0 Å². The number of nitrogens with one attached hydrogen (secondary N) is 2. The molecule has 8 nitrogen and oxygen atoms in total. The van der Waals surface area contributed by atoms with Gasteiger partial charge in [0, 0.05) is 35.7 Å². The number of H-pyrrole nitrogens is 1. The Morgan fingerprint density at radius 2 is 1.90 bits per heavy atom. The number of amides is 1. The maximum absolute atomic E-state index is 12.4. The number of aromatic amines is 1. The molecule has 0 aliphatic carbocycles. The molecule has 5 aromatic rings. The van der Waals surface area contributed by atoms with Gasteiger partial charge in [-0.05, 0) is 29.3 Å². The molecule has 4 aromatic heterocycles. The first-order valence-electron chi connectivity index (χ1n) is 9.67. The fourth-order valence-corrected chi connectivity index (χ4v) is 3.31. The highest BCUT2D eigenvalue weighted by Gasteiger charge is 2.12. The molecule has 0 radical (unpaired) electrons. The van der Waals surface area contributed by atoms with E-state index < -0.39 is 6.09 Å². The van der Waals surface area contributed by atoms with E-state index in [4.69, 9.17) is 4.74 Å². The summed E-state index contributed by atoms with van der Waals surface area (Å²) in [5, 5.41) is 7.80. The van der Waals surface area contributed by atoms with E-state index in [9.17, 15) is 4.79 Å². The molecule has 2 N–H and O–H groups in total. The van der Waals surface area contributed by atoms with Gasteiger partial charge < -0.3 is 9.72 Å². The number of carbonyl (C=O) groups is 1. The molecule has 0 bridgehead atoms. The Hall–Kier alpha value is -4.46. The highest BCUT2D eigenvalue weighted by Crippen LogP contribution is 2.27. The van der Waals surface area contributed by atoms with E-state index in [0.717, 1.165) is 22.1 Å². The molecule has 0 saturated heterocycles. The molecule has 0 aliphatic heterocycles. The van der Waals surface area contributed by atoms with Crippen molar-refractivity contribution in [2.24, 2.45) is 0 Å². The van der Waals surface area contributed by atoms with Crippen LogP contribution in [0.15, 0.2) is 85.7 Å². The molecule has 152 valence electrons. The maximum Gasteiger partial charge on any atom is 0.417 e. The van der Waals surface area contributed by atoms with Gasteiger partial charge in [-0.25, -0.2) is 9.78 Å². The summed E-state index contributed by atoms with van der Waals surface area (Å²) in [6.45, 7) is 0.595. The monoisotopic (exact) mass is 410 g/mol. The SMILES string of the molecule is O=C(Nc1c[nH]c2ncc(-c3ccncc3)cc12)Oc1cnn(Cc2ccccc2)c1. The Labute approximate surface area is 177 Å². The van der Waals surface area contributed by atoms with Crippen molar-refractivity contribution in [3.63, 3.8) is 0 Å². The van der Waals surface area contributed by atoms with Crippen LogP contribution in [-0.2, 0) is 6.54 Å². The molecule has 4 heterocycles. The number of anilines is 1. The predicted octanol–water partition coefficient (Wildman–Crippen LogP) is 4.48. The zero-order chi connectivity index (χ0) is 21.0. The van der Waals surface area contributed by atoms with Gasteiger partial charge in [0.1, 0.15) is 5.65 Å². The van der Waals surface area contributed by atoms with Crippen molar-refractivity contribution in [1.29, 1.82) is 0 Å². The van der Waals surface area contributed by atoms with Crippen molar-refractivity contribution in [2.75, 3.05) is 5.32 Å². The normalized spacial score (nSPS) is 10.8. The molecule has 0 unspecified atom stereocenters. The van der Waals surface area contributed by atoms with Crippen LogP contribution in [0, 0.1) is 0 Å². The van der Waals surface area contributed by atoms with Gasteiger partial charge in [-0.2, -0.15) is 5.10 Å². The molecule has 0 saturated carbocycles. The van der Waals surface area contributed by atoms with Crippen LogP contribution in [0.3, 0.4) is 0 Å². The van der Waals surface area contributed by atoms with Crippen molar-refractivity contribution < 1.29 is 9.53 Å². The molecule has 0 fully saturated rings. The van der Waals surface area contributed by atoms with Crippen LogP contribution in [0.5, 0.6) is 5.75 Å². The summed E-state index contributed by atoms with van der Waals surface area (Å²) in [4.78, 5) is 24.0. The van der Waals surface area contributed by atoms with Crippen LogP contribution in [0.1, 0.15) is 5.56 Å². The largest absolute Gasteiger partial charge is 0.417 e. The highest BCUT2D eigenvalue weighted by atomic mass is 16.6. The van der Waals surface area contributed by atoms with Crippen molar-refractivity contribution in [3.05, 3.63) is 91.3 Å². The first kappa shape index (κ1) is 18.6. The zero-order valence-electron chi connectivity index (χ0n) is 16.4. The van der Waals surface area contributed by atoms with E-state index in [2.05, 4.69) is 25.4 Å². The van der Waals surface area contributed by atoms with Crippen LogP contribution in [-0.4, -0.2) is 30.8 Å². The van der Waals surface area contributed by atoms with Gasteiger partial charge >= 0.3 is 6.09 Å². The number of ether oxygens (including phenoxy) is 1. The number of pyridine rings is 2. The Morgan fingerprint density at radius 3 is 2.74 bits per heavy atom. The Morgan fingerprint density at radius 1 is 1.06 bits per heavy atom. The van der Waals surface area contributed by atoms with Crippen LogP contribution in [0.25, 0.3) is 22.2 Å². The Balaban J connectivity index is 1.29. The fourth-order valence-electron chi connectivity index (χ4n) is 3.31. The maximum atomic E-state index is 12.4. The lowest BCUT2D eigenvalue weighted by atomic mass is 10.1. The van der Waals surface area contributed by atoms with Crippen molar-refractivity contribution in [3.8, 4) is 16.9 Å². The summed E-state index contributed by atoms with van der Waals surface area (Å²) in [6.07, 6.45) is 9.52. The third-order valence-electron chi connectivity index (χ3n) is 4.79. The van der Waals surface area contributed by atoms with Crippen LogP contribution in [0.2, 0.25) is 0 Å². The number of nitrogens with zero attached hydrogens (tertiary/aromatic N) is 4. The van der Waals surface area contributed by atoms with E-state index in [1.165, 1.54) is 6.20 Å². The van der Waals surface area contributed by atoms with Gasteiger partial charge in [0.15, 0.2) is 5.75 Å². The summed E-state index contributed by atoms with van der Waals surface area (Å²) in [6, 6.07) is 15.7. The van der Waals surface area contributed by atoms with E-state index in [1.807, 2.05) is 48.5 Å². The summed E-state index contributed by atoms with van der Waals surface area (Å²) in [5.41, 5.74) is 4.28. The van der Waals surface area contributed by atoms with E-state index >= 15 is 0 Å². The lowest BCUT2D eigenvalue weighted by Crippen LogP contribution is -2.16. The average Bonchev–Trinajstić information content (AvgIpc) is 3.41. The summed E-state index contributed by atoms with van der Waals surface area (Å²) in [5.74, 6) is 0.365. The topological polar surface area (TPSA) is 97.7 Å². The number of benzene rings is 1. The molecule has 5 rings (SSSR count).